The van der Waals surface area contributed by atoms with Gasteiger partial charge in [0.15, 0.2) is 0 Å². The van der Waals surface area contributed by atoms with E-state index in [2.05, 4.69) is 10.6 Å². The van der Waals surface area contributed by atoms with Crippen LogP contribution in [0.4, 0.5) is 0 Å². The Morgan fingerprint density at radius 1 is 1.13 bits per heavy atom. The molecule has 0 radical (unpaired) electrons. The van der Waals surface area contributed by atoms with Gasteiger partial charge in [-0.25, -0.2) is 0 Å². The molecule has 6 heteroatoms. The fourth-order valence-corrected chi connectivity index (χ4v) is 0.845. The maximum Gasteiger partial charge on any atom is 0.216 e. The number of hydrogen-bond donors (Lipinski definition) is 3. The molecule has 0 unspecified atom stereocenters. The summed E-state index contributed by atoms with van der Waals surface area (Å²) in [6.07, 6.45) is 0. The van der Waals surface area contributed by atoms with Crippen LogP contribution in [0.1, 0.15) is 6.92 Å². The normalized spacial score (nSPS) is 10.3. The van der Waals surface area contributed by atoms with Crippen LogP contribution in [0.5, 0.6) is 0 Å². The lowest BCUT2D eigenvalue weighted by atomic mass is 10.6. The summed E-state index contributed by atoms with van der Waals surface area (Å²) in [4.78, 5) is 10.5. The molecule has 0 bridgehead atoms. The Labute approximate surface area is 89.9 Å². The zero-order valence-electron chi connectivity index (χ0n) is 9.12. The molecule has 0 aromatic rings. The van der Waals surface area contributed by atoms with Crippen molar-refractivity contribution in [3.63, 3.8) is 0 Å². The minimum Gasteiger partial charge on any atom is -0.381 e. The quantitative estimate of drug-likeness (QED) is 0.315. The lowest BCUT2D eigenvalue weighted by Crippen LogP contribution is -2.25. The van der Waals surface area contributed by atoms with Crippen molar-refractivity contribution in [1.29, 1.82) is 0 Å². The number of nitrogens with one attached hydrogen (secondary N) is 2. The van der Waals surface area contributed by atoms with Gasteiger partial charge in [0.2, 0.25) is 5.91 Å². The molecule has 3 N–H and O–H groups in total. The van der Waals surface area contributed by atoms with Crippen LogP contribution in [0, 0.1) is 0 Å². The first kappa shape index (κ1) is 14.3. The van der Waals surface area contributed by atoms with E-state index in [0.717, 1.165) is 0 Å². The average molecular weight is 220 g/mol. The van der Waals surface area contributed by atoms with E-state index in [4.69, 9.17) is 14.6 Å². The highest BCUT2D eigenvalue weighted by Crippen LogP contribution is 1.77. The van der Waals surface area contributed by atoms with Gasteiger partial charge in [0.1, 0.15) is 0 Å². The molecule has 0 aliphatic heterocycles. The summed E-state index contributed by atoms with van der Waals surface area (Å²) in [5.74, 6) is -0.0510. The van der Waals surface area contributed by atoms with Crippen molar-refractivity contribution in [3.05, 3.63) is 0 Å². The van der Waals surface area contributed by atoms with Crippen LogP contribution < -0.4 is 10.6 Å². The van der Waals surface area contributed by atoms with Crippen LogP contribution >= 0.6 is 0 Å². The Hall–Kier alpha value is -0.690. The first-order chi connectivity index (χ1) is 7.27. The van der Waals surface area contributed by atoms with Gasteiger partial charge in [0.05, 0.1) is 33.2 Å². The summed E-state index contributed by atoms with van der Waals surface area (Å²) >= 11 is 0. The van der Waals surface area contributed by atoms with E-state index in [1.165, 1.54) is 6.92 Å². The smallest absolute Gasteiger partial charge is 0.216 e. The Morgan fingerprint density at radius 3 is 2.27 bits per heavy atom. The van der Waals surface area contributed by atoms with E-state index in [1.807, 2.05) is 0 Å². The Kier molecular flexibility index (Phi) is 10.9. The molecule has 0 rings (SSSR count). The van der Waals surface area contributed by atoms with Crippen LogP contribution in [-0.4, -0.2) is 57.3 Å². The van der Waals surface area contributed by atoms with Gasteiger partial charge in [-0.2, -0.15) is 0 Å². The molecule has 6 nitrogen and oxygen atoms in total. The predicted molar refractivity (Wildman–Crippen MR) is 55.4 cm³/mol. The van der Waals surface area contributed by atoms with Gasteiger partial charge in [-0.1, -0.05) is 0 Å². The first-order valence-corrected chi connectivity index (χ1v) is 4.99. The highest BCUT2D eigenvalue weighted by Gasteiger charge is 1.91. The standard InChI is InChI=1S/C9H20N2O4/c1-9(13)11-3-5-15-7-6-14-4-2-10-8-12/h10,12H,2-8H2,1H3,(H,11,13). The Balaban J connectivity index is 2.89. The molecule has 0 saturated heterocycles. The second kappa shape index (κ2) is 11.4. The predicted octanol–water partition coefficient (Wildman–Crippen LogP) is -1.30. The fraction of sp³-hybridized carbons (Fsp3) is 0.889. The maximum atomic E-state index is 10.5. The third-order valence-electron chi connectivity index (χ3n) is 1.53. The minimum atomic E-state index is -0.0510. The lowest BCUT2D eigenvalue weighted by molar-refractivity contribution is -0.119. The zero-order chi connectivity index (χ0) is 11.4. The molecular formula is C9H20N2O4. The van der Waals surface area contributed by atoms with Gasteiger partial charge < -0.3 is 19.9 Å². The van der Waals surface area contributed by atoms with Crippen molar-refractivity contribution in [2.24, 2.45) is 0 Å². The molecule has 0 aliphatic carbocycles. The number of ether oxygens (including phenoxy) is 2. The maximum absolute atomic E-state index is 10.5. The highest BCUT2D eigenvalue weighted by molar-refractivity contribution is 5.72. The number of amides is 1. The molecule has 0 spiro atoms. The summed E-state index contributed by atoms with van der Waals surface area (Å²) in [7, 11) is 0. The molecule has 0 saturated carbocycles. The number of rotatable bonds is 10. The first-order valence-electron chi connectivity index (χ1n) is 4.99. The largest absolute Gasteiger partial charge is 0.381 e. The molecule has 0 aliphatic rings. The third-order valence-corrected chi connectivity index (χ3v) is 1.53. The molecule has 0 aromatic heterocycles. The van der Waals surface area contributed by atoms with Crippen molar-refractivity contribution < 1.29 is 19.4 Å². The van der Waals surface area contributed by atoms with Crippen LogP contribution in [0.25, 0.3) is 0 Å². The highest BCUT2D eigenvalue weighted by atomic mass is 16.5. The molecule has 0 atom stereocenters. The van der Waals surface area contributed by atoms with Crippen LogP contribution in [0.2, 0.25) is 0 Å². The molecule has 0 aromatic carbocycles. The number of carbonyl (C=O) groups is 1. The van der Waals surface area contributed by atoms with Gasteiger partial charge in [-0.15, -0.1) is 0 Å². The molecule has 15 heavy (non-hydrogen) atoms. The Morgan fingerprint density at radius 2 is 1.73 bits per heavy atom. The van der Waals surface area contributed by atoms with E-state index in [9.17, 15) is 4.79 Å². The molecule has 0 fully saturated rings. The van der Waals surface area contributed by atoms with Crippen molar-refractivity contribution in [2.75, 3.05) is 46.2 Å². The van der Waals surface area contributed by atoms with Crippen LogP contribution in [0.15, 0.2) is 0 Å². The van der Waals surface area contributed by atoms with Crippen LogP contribution in [0.3, 0.4) is 0 Å². The zero-order valence-corrected chi connectivity index (χ0v) is 9.12. The SMILES string of the molecule is CC(=O)NCCOCCOCCNCO. The van der Waals surface area contributed by atoms with E-state index in [1.54, 1.807) is 0 Å². The summed E-state index contributed by atoms with van der Waals surface area (Å²) in [5.41, 5.74) is 0. The molecule has 1 amide bonds. The van der Waals surface area contributed by atoms with E-state index < -0.39 is 0 Å². The lowest BCUT2D eigenvalue weighted by Gasteiger charge is -2.06. The van der Waals surface area contributed by atoms with E-state index in [-0.39, 0.29) is 12.6 Å². The molecule has 0 heterocycles. The topological polar surface area (TPSA) is 79.8 Å². The van der Waals surface area contributed by atoms with Crippen LogP contribution in [-0.2, 0) is 14.3 Å². The van der Waals surface area contributed by atoms with Gasteiger partial charge in [0.25, 0.3) is 0 Å². The van der Waals surface area contributed by atoms with Crippen molar-refractivity contribution in [1.82, 2.24) is 10.6 Å². The second-order valence-electron chi connectivity index (χ2n) is 2.87. The number of hydrogen-bond acceptors (Lipinski definition) is 5. The summed E-state index contributed by atoms with van der Waals surface area (Å²) in [5, 5.41) is 13.7. The van der Waals surface area contributed by atoms with Gasteiger partial charge in [0, 0.05) is 20.0 Å². The molecule has 90 valence electrons. The summed E-state index contributed by atoms with van der Waals surface area (Å²) < 4.78 is 10.4. The summed E-state index contributed by atoms with van der Waals surface area (Å²) in [6, 6.07) is 0. The van der Waals surface area contributed by atoms with E-state index in [0.29, 0.717) is 39.5 Å². The monoisotopic (exact) mass is 220 g/mol. The van der Waals surface area contributed by atoms with Crippen molar-refractivity contribution in [2.45, 2.75) is 6.92 Å². The Bertz CT molecular complexity index is 155. The number of aliphatic hydroxyl groups excluding tert-OH is 1. The second-order valence-corrected chi connectivity index (χ2v) is 2.87. The van der Waals surface area contributed by atoms with Gasteiger partial charge in [-0.05, 0) is 0 Å². The fourth-order valence-electron chi connectivity index (χ4n) is 0.845. The van der Waals surface area contributed by atoms with Crippen molar-refractivity contribution in [3.8, 4) is 0 Å². The van der Waals surface area contributed by atoms with Crippen molar-refractivity contribution >= 4 is 5.91 Å². The van der Waals surface area contributed by atoms with Gasteiger partial charge >= 0.3 is 0 Å². The van der Waals surface area contributed by atoms with Gasteiger partial charge in [-0.3, -0.25) is 10.1 Å². The van der Waals surface area contributed by atoms with E-state index >= 15 is 0 Å². The summed E-state index contributed by atoms with van der Waals surface area (Å²) in [6.45, 7) is 4.68. The minimum absolute atomic E-state index is 0.0312. The average Bonchev–Trinajstić information content (AvgIpc) is 2.20. The number of aliphatic hydroxyl groups is 1. The molecular weight excluding hydrogens is 200 g/mol. The number of carbonyl (C=O) groups excluding carboxylic acids is 1. The third kappa shape index (κ3) is 13.3.